The summed E-state index contributed by atoms with van der Waals surface area (Å²) < 4.78 is 0. The van der Waals surface area contributed by atoms with Crippen LogP contribution in [0.4, 0.5) is 0 Å². The summed E-state index contributed by atoms with van der Waals surface area (Å²) in [6.45, 7) is 0.256. The number of nitriles is 1. The second kappa shape index (κ2) is 7.35. The molecule has 6 nitrogen and oxygen atoms in total. The molecule has 0 aliphatic heterocycles. The highest BCUT2D eigenvalue weighted by molar-refractivity contribution is 7.80. The molecular formula is C17H14N2O4S. The third-order valence-corrected chi connectivity index (χ3v) is 3.53. The maximum Gasteiger partial charge on any atom is 0.157 e. The number of phenolic OH excluding ortho intramolecular Hbond substituents is 4. The van der Waals surface area contributed by atoms with Crippen molar-refractivity contribution in [3.05, 3.63) is 53.1 Å². The van der Waals surface area contributed by atoms with E-state index >= 15 is 0 Å². The van der Waals surface area contributed by atoms with E-state index in [4.69, 9.17) is 12.2 Å². The molecular weight excluding hydrogens is 328 g/mol. The fourth-order valence-corrected chi connectivity index (χ4v) is 2.08. The van der Waals surface area contributed by atoms with Gasteiger partial charge in [-0.15, -0.1) is 0 Å². The summed E-state index contributed by atoms with van der Waals surface area (Å²) in [7, 11) is 0. The summed E-state index contributed by atoms with van der Waals surface area (Å²) >= 11 is 5.16. The summed E-state index contributed by atoms with van der Waals surface area (Å²) in [5.74, 6) is -1.00. The van der Waals surface area contributed by atoms with E-state index in [-0.39, 0.29) is 40.1 Å². The molecule has 7 heteroatoms. The fourth-order valence-electron chi connectivity index (χ4n) is 1.90. The average molecular weight is 342 g/mol. The van der Waals surface area contributed by atoms with Gasteiger partial charge in [0.05, 0.1) is 5.57 Å². The van der Waals surface area contributed by atoms with Crippen molar-refractivity contribution in [2.24, 2.45) is 0 Å². The minimum absolute atomic E-state index is 0.179. The first-order valence-corrected chi connectivity index (χ1v) is 7.24. The van der Waals surface area contributed by atoms with Crippen molar-refractivity contribution in [1.29, 1.82) is 5.26 Å². The number of benzene rings is 2. The summed E-state index contributed by atoms with van der Waals surface area (Å²) in [6, 6.07) is 10.5. The first-order valence-electron chi connectivity index (χ1n) is 6.83. The number of rotatable bonds is 4. The Kier molecular flexibility index (Phi) is 5.24. The summed E-state index contributed by atoms with van der Waals surface area (Å²) in [5, 5.41) is 49.6. The third kappa shape index (κ3) is 4.15. The van der Waals surface area contributed by atoms with E-state index in [1.807, 2.05) is 6.07 Å². The number of nitrogens with zero attached hydrogens (tertiary/aromatic N) is 1. The predicted octanol–water partition coefficient (Wildman–Crippen LogP) is 2.53. The fraction of sp³-hybridized carbons (Fsp3) is 0.0588. The van der Waals surface area contributed by atoms with Crippen LogP contribution in [-0.2, 0) is 6.54 Å². The molecule has 0 spiro atoms. The molecule has 2 rings (SSSR count). The van der Waals surface area contributed by atoms with Crippen molar-refractivity contribution in [2.75, 3.05) is 0 Å². The van der Waals surface area contributed by atoms with E-state index in [1.165, 1.54) is 36.4 Å². The van der Waals surface area contributed by atoms with Gasteiger partial charge in [-0.1, -0.05) is 24.4 Å². The summed E-state index contributed by atoms with van der Waals surface area (Å²) in [4.78, 5) is 0.192. The van der Waals surface area contributed by atoms with Gasteiger partial charge in [0, 0.05) is 6.54 Å². The number of phenols is 4. The minimum Gasteiger partial charge on any atom is -0.504 e. The van der Waals surface area contributed by atoms with Gasteiger partial charge >= 0.3 is 0 Å². The van der Waals surface area contributed by atoms with Gasteiger partial charge in [-0.3, -0.25) is 0 Å². The predicted molar refractivity (Wildman–Crippen MR) is 92.6 cm³/mol. The normalized spacial score (nSPS) is 10.9. The zero-order chi connectivity index (χ0) is 17.7. The second-order valence-electron chi connectivity index (χ2n) is 4.92. The average Bonchev–Trinajstić information content (AvgIpc) is 2.56. The van der Waals surface area contributed by atoms with Gasteiger partial charge in [0.25, 0.3) is 0 Å². The molecule has 0 heterocycles. The van der Waals surface area contributed by atoms with Crippen LogP contribution in [0, 0.1) is 11.3 Å². The molecule has 24 heavy (non-hydrogen) atoms. The van der Waals surface area contributed by atoms with Crippen LogP contribution < -0.4 is 5.32 Å². The van der Waals surface area contributed by atoms with Crippen LogP contribution in [0.2, 0.25) is 0 Å². The molecule has 2 aromatic carbocycles. The topological polar surface area (TPSA) is 117 Å². The van der Waals surface area contributed by atoms with E-state index in [9.17, 15) is 25.7 Å². The first kappa shape index (κ1) is 17.1. The standard InChI is InChI=1S/C17H14N2O4S/c18-8-12(5-10-1-3-13(20)15(22)6-10)17(24)19-9-11-2-4-14(21)16(23)7-11/h1-7,20-23H,9H2,(H,19,24)/b12-5+. The molecule has 2 aromatic rings. The molecule has 0 saturated carbocycles. The molecule has 122 valence electrons. The van der Waals surface area contributed by atoms with E-state index in [1.54, 1.807) is 6.07 Å². The van der Waals surface area contributed by atoms with E-state index in [2.05, 4.69) is 5.32 Å². The Hall–Kier alpha value is -3.24. The Labute approximate surface area is 143 Å². The van der Waals surface area contributed by atoms with Crippen molar-refractivity contribution < 1.29 is 20.4 Å². The van der Waals surface area contributed by atoms with Crippen LogP contribution >= 0.6 is 12.2 Å². The van der Waals surface area contributed by atoms with Crippen LogP contribution in [-0.4, -0.2) is 25.4 Å². The van der Waals surface area contributed by atoms with Gasteiger partial charge in [-0.05, 0) is 41.5 Å². The SMILES string of the molecule is N#C/C(=C\c1ccc(O)c(O)c1)C(=S)NCc1ccc(O)c(O)c1. The molecule has 0 radical (unpaired) electrons. The molecule has 0 unspecified atom stereocenters. The van der Waals surface area contributed by atoms with Crippen molar-refractivity contribution in [2.45, 2.75) is 6.54 Å². The molecule has 0 aliphatic carbocycles. The molecule has 5 N–H and O–H groups in total. The molecule has 0 amide bonds. The third-order valence-electron chi connectivity index (χ3n) is 3.17. The van der Waals surface area contributed by atoms with Gasteiger partial charge in [-0.25, -0.2) is 0 Å². The number of hydrogen-bond donors (Lipinski definition) is 5. The van der Waals surface area contributed by atoms with Gasteiger partial charge in [-0.2, -0.15) is 5.26 Å². The lowest BCUT2D eigenvalue weighted by Crippen LogP contribution is -2.22. The Morgan fingerprint density at radius 3 is 2.21 bits per heavy atom. The van der Waals surface area contributed by atoms with Crippen molar-refractivity contribution in [3.63, 3.8) is 0 Å². The number of hydrogen-bond acceptors (Lipinski definition) is 6. The van der Waals surface area contributed by atoms with Gasteiger partial charge < -0.3 is 25.7 Å². The minimum atomic E-state index is -0.292. The Bertz CT molecular complexity index is 856. The lowest BCUT2D eigenvalue weighted by Gasteiger charge is -2.08. The van der Waals surface area contributed by atoms with E-state index in [0.717, 1.165) is 0 Å². The largest absolute Gasteiger partial charge is 0.504 e. The zero-order valence-corrected chi connectivity index (χ0v) is 13.2. The molecule has 0 fully saturated rings. The molecule has 0 aliphatic rings. The molecule has 0 bridgehead atoms. The van der Waals surface area contributed by atoms with Crippen molar-refractivity contribution >= 4 is 23.3 Å². The molecule has 0 atom stereocenters. The van der Waals surface area contributed by atoms with Crippen LogP contribution in [0.1, 0.15) is 11.1 Å². The maximum atomic E-state index is 9.47. The van der Waals surface area contributed by atoms with Gasteiger partial charge in [0.2, 0.25) is 0 Å². The summed E-state index contributed by atoms with van der Waals surface area (Å²) in [6.07, 6.45) is 1.47. The lowest BCUT2D eigenvalue weighted by atomic mass is 10.1. The van der Waals surface area contributed by atoms with Crippen LogP contribution in [0.25, 0.3) is 6.08 Å². The number of nitrogens with one attached hydrogen (secondary N) is 1. The Morgan fingerprint density at radius 1 is 1.00 bits per heavy atom. The number of aromatic hydroxyl groups is 4. The van der Waals surface area contributed by atoms with Crippen molar-refractivity contribution in [3.8, 4) is 29.1 Å². The smallest absolute Gasteiger partial charge is 0.157 e. The van der Waals surface area contributed by atoms with E-state index < -0.39 is 0 Å². The van der Waals surface area contributed by atoms with Gasteiger partial charge in [0.15, 0.2) is 23.0 Å². The van der Waals surface area contributed by atoms with E-state index in [0.29, 0.717) is 11.1 Å². The zero-order valence-electron chi connectivity index (χ0n) is 12.4. The summed E-state index contributed by atoms with van der Waals surface area (Å²) in [5.41, 5.74) is 1.36. The van der Waals surface area contributed by atoms with Gasteiger partial charge in [0.1, 0.15) is 11.1 Å². The van der Waals surface area contributed by atoms with Crippen LogP contribution in [0.3, 0.4) is 0 Å². The highest BCUT2D eigenvalue weighted by Crippen LogP contribution is 2.26. The van der Waals surface area contributed by atoms with Crippen LogP contribution in [0.5, 0.6) is 23.0 Å². The highest BCUT2D eigenvalue weighted by Gasteiger charge is 2.07. The Morgan fingerprint density at radius 2 is 1.62 bits per heavy atom. The number of thiocarbonyl (C=S) groups is 1. The second-order valence-corrected chi connectivity index (χ2v) is 5.33. The van der Waals surface area contributed by atoms with Crippen molar-refractivity contribution in [1.82, 2.24) is 5.32 Å². The Balaban J connectivity index is 2.11. The highest BCUT2D eigenvalue weighted by atomic mass is 32.1. The first-order chi connectivity index (χ1) is 11.4. The maximum absolute atomic E-state index is 9.47. The lowest BCUT2D eigenvalue weighted by molar-refractivity contribution is 0.403. The monoisotopic (exact) mass is 342 g/mol. The quantitative estimate of drug-likeness (QED) is 0.251. The van der Waals surface area contributed by atoms with Crippen LogP contribution in [0.15, 0.2) is 42.0 Å². The molecule has 0 aromatic heterocycles. The molecule has 0 saturated heterocycles.